The molecule has 0 aliphatic carbocycles. The zero-order valence-corrected chi connectivity index (χ0v) is 20.0. The van der Waals surface area contributed by atoms with Crippen molar-refractivity contribution in [1.82, 2.24) is 15.0 Å². The maximum Gasteiger partial charge on any atom is 0.417 e. The predicted molar refractivity (Wildman–Crippen MR) is 127 cm³/mol. The lowest BCUT2D eigenvalue weighted by atomic mass is 9.94. The molecule has 4 aromatic rings. The van der Waals surface area contributed by atoms with Crippen molar-refractivity contribution in [3.05, 3.63) is 82.4 Å². The third-order valence-electron chi connectivity index (χ3n) is 5.58. The van der Waals surface area contributed by atoms with Crippen LogP contribution in [0.25, 0.3) is 34.0 Å². The molecule has 0 N–H and O–H groups in total. The molecule has 4 rings (SSSR count). The topological polar surface area (TPSA) is 82.3 Å². The first-order chi connectivity index (χ1) is 17.0. The summed E-state index contributed by atoms with van der Waals surface area (Å²) in [7, 11) is 1.60. The predicted octanol–water partition coefficient (Wildman–Crippen LogP) is 5.23. The van der Waals surface area contributed by atoms with Gasteiger partial charge in [0, 0.05) is 29.2 Å². The lowest BCUT2D eigenvalue weighted by molar-refractivity contribution is -0.306. The second-order valence-electron chi connectivity index (χ2n) is 8.35. The maximum absolute atomic E-state index is 14.0. The van der Waals surface area contributed by atoms with Crippen LogP contribution >= 0.6 is 11.6 Å². The number of alkyl halides is 3. The van der Waals surface area contributed by atoms with E-state index >= 15 is 0 Å². The summed E-state index contributed by atoms with van der Waals surface area (Å²) in [5.74, 6) is -1.14. The number of carboxylic acid groups (broad SMARTS) is 1. The van der Waals surface area contributed by atoms with Gasteiger partial charge in [0.1, 0.15) is 0 Å². The molecule has 0 radical (unpaired) electrons. The maximum atomic E-state index is 14.0. The van der Waals surface area contributed by atoms with Crippen LogP contribution in [0, 0.1) is 6.92 Å². The Kier molecular flexibility index (Phi) is 7.14. The molecule has 10 heteroatoms. The number of aromatic nitrogens is 2. The number of aliphatic carboxylic acids is 1. The summed E-state index contributed by atoms with van der Waals surface area (Å²) in [5, 5.41) is 15.2. The van der Waals surface area contributed by atoms with Gasteiger partial charge in [-0.1, -0.05) is 47.1 Å². The summed E-state index contributed by atoms with van der Waals surface area (Å²) >= 11 is 6.24. The van der Waals surface area contributed by atoms with Gasteiger partial charge in [-0.05, 0) is 66.6 Å². The number of carbonyl (C=O) groups excluding carboxylic acids is 1. The molecule has 36 heavy (non-hydrogen) atoms. The lowest BCUT2D eigenvalue weighted by Gasteiger charge is -2.18. The van der Waals surface area contributed by atoms with Gasteiger partial charge in [0.05, 0.1) is 11.5 Å². The number of halogens is 4. The number of carbonyl (C=O) groups is 1. The number of benzene rings is 3. The van der Waals surface area contributed by atoms with Gasteiger partial charge < -0.3 is 14.4 Å². The highest BCUT2D eigenvalue weighted by Crippen LogP contribution is 2.40. The van der Waals surface area contributed by atoms with E-state index in [1.807, 2.05) is 0 Å². The quantitative estimate of drug-likeness (QED) is 0.336. The largest absolute Gasteiger partial charge is 0.549 e. The Labute approximate surface area is 209 Å². The van der Waals surface area contributed by atoms with Crippen molar-refractivity contribution >= 4 is 17.6 Å². The fourth-order valence-electron chi connectivity index (χ4n) is 3.88. The van der Waals surface area contributed by atoms with Crippen LogP contribution in [0.5, 0.6) is 0 Å². The number of rotatable bonds is 7. The summed E-state index contributed by atoms with van der Waals surface area (Å²) < 4.78 is 47.2. The van der Waals surface area contributed by atoms with Crippen LogP contribution in [-0.4, -0.2) is 34.6 Å². The molecule has 1 aromatic heterocycles. The van der Waals surface area contributed by atoms with Crippen molar-refractivity contribution in [3.63, 3.8) is 0 Å². The van der Waals surface area contributed by atoms with E-state index in [0.717, 1.165) is 11.6 Å². The molecular formula is C26H20ClF3N3O3-. The van der Waals surface area contributed by atoms with Crippen LogP contribution in [0.15, 0.2) is 65.2 Å². The van der Waals surface area contributed by atoms with Crippen LogP contribution in [0.3, 0.4) is 0 Å². The van der Waals surface area contributed by atoms with Crippen LogP contribution in [0.2, 0.25) is 5.02 Å². The first-order valence-corrected chi connectivity index (χ1v) is 11.2. The molecule has 0 amide bonds. The molecule has 0 atom stereocenters. The molecule has 0 bridgehead atoms. The second kappa shape index (κ2) is 10.1. The Morgan fingerprint density at radius 3 is 2.47 bits per heavy atom. The zero-order chi connectivity index (χ0) is 26.0. The van der Waals surface area contributed by atoms with E-state index < -0.39 is 17.7 Å². The van der Waals surface area contributed by atoms with E-state index in [-0.39, 0.29) is 35.9 Å². The minimum absolute atomic E-state index is 0.0621. The fraction of sp³-hybridized carbons (Fsp3) is 0.192. The molecule has 6 nitrogen and oxygen atoms in total. The highest BCUT2D eigenvalue weighted by molar-refractivity contribution is 6.31. The molecule has 0 spiro atoms. The van der Waals surface area contributed by atoms with E-state index in [1.165, 1.54) is 17.0 Å². The minimum Gasteiger partial charge on any atom is -0.549 e. The molecule has 0 aliphatic rings. The minimum atomic E-state index is -4.60. The number of likely N-dealkylation sites (N-methyl/N-ethyl adjacent to an activating group) is 1. The van der Waals surface area contributed by atoms with Gasteiger partial charge in [-0.2, -0.15) is 18.2 Å². The molecule has 3 aromatic carbocycles. The Morgan fingerprint density at radius 2 is 1.78 bits per heavy atom. The standard InChI is InChI=1S/C26H21ClF3N3O3/c1-15-5-3-4-6-19(15)20-9-7-17(12-21(20)26(28,29)30)25-31-24(32-36-25)16-8-10-22(27)18(11-16)13-33(2)14-23(34)35/h3-12H,13-14H2,1-2H3,(H,34,35)/p-1. The Hall–Kier alpha value is -3.69. The second-order valence-corrected chi connectivity index (χ2v) is 8.75. The molecule has 1 heterocycles. The normalized spacial score (nSPS) is 11.8. The molecule has 0 fully saturated rings. The summed E-state index contributed by atoms with van der Waals surface area (Å²) in [6, 6.07) is 15.7. The molecule has 0 unspecified atom stereocenters. The fourth-order valence-corrected chi connectivity index (χ4v) is 4.06. The van der Waals surface area contributed by atoms with Gasteiger partial charge in [0.25, 0.3) is 5.89 Å². The van der Waals surface area contributed by atoms with Crippen LogP contribution < -0.4 is 5.11 Å². The van der Waals surface area contributed by atoms with Crippen LogP contribution in [0.4, 0.5) is 13.2 Å². The highest BCUT2D eigenvalue weighted by Gasteiger charge is 2.34. The van der Waals surface area contributed by atoms with Crippen LogP contribution in [0.1, 0.15) is 16.7 Å². The Balaban J connectivity index is 1.68. The molecule has 0 saturated carbocycles. The van der Waals surface area contributed by atoms with E-state index in [1.54, 1.807) is 56.4 Å². The van der Waals surface area contributed by atoms with Gasteiger partial charge in [0.2, 0.25) is 5.82 Å². The number of hydrogen-bond donors (Lipinski definition) is 0. The van der Waals surface area contributed by atoms with Crippen molar-refractivity contribution in [2.24, 2.45) is 0 Å². The molecule has 0 saturated heterocycles. The van der Waals surface area contributed by atoms with Gasteiger partial charge in [0.15, 0.2) is 0 Å². The third kappa shape index (κ3) is 5.58. The number of hydrogen-bond acceptors (Lipinski definition) is 6. The number of aryl methyl sites for hydroxylation is 1. The Bertz CT molecular complexity index is 1420. The summed E-state index contributed by atoms with van der Waals surface area (Å²) in [5.41, 5.74) is 1.72. The van der Waals surface area contributed by atoms with Crippen molar-refractivity contribution in [3.8, 4) is 34.0 Å². The van der Waals surface area contributed by atoms with Gasteiger partial charge in [-0.15, -0.1) is 0 Å². The summed E-state index contributed by atoms with van der Waals surface area (Å²) in [4.78, 5) is 16.6. The average Bonchev–Trinajstić information content (AvgIpc) is 3.30. The summed E-state index contributed by atoms with van der Waals surface area (Å²) in [6.07, 6.45) is -4.60. The summed E-state index contributed by atoms with van der Waals surface area (Å²) in [6.45, 7) is 1.69. The first-order valence-electron chi connectivity index (χ1n) is 10.8. The van der Waals surface area contributed by atoms with Gasteiger partial charge >= 0.3 is 6.18 Å². The van der Waals surface area contributed by atoms with Crippen molar-refractivity contribution in [2.75, 3.05) is 13.6 Å². The van der Waals surface area contributed by atoms with Crippen molar-refractivity contribution in [2.45, 2.75) is 19.6 Å². The smallest absolute Gasteiger partial charge is 0.417 e. The van der Waals surface area contributed by atoms with Crippen molar-refractivity contribution in [1.29, 1.82) is 0 Å². The molecule has 186 valence electrons. The lowest BCUT2D eigenvalue weighted by Crippen LogP contribution is -2.35. The van der Waals surface area contributed by atoms with Gasteiger partial charge in [-0.25, -0.2) is 0 Å². The van der Waals surface area contributed by atoms with E-state index in [2.05, 4.69) is 10.1 Å². The molecular weight excluding hydrogens is 495 g/mol. The van der Waals surface area contributed by atoms with Crippen molar-refractivity contribution < 1.29 is 27.6 Å². The number of nitrogens with zero attached hydrogens (tertiary/aromatic N) is 3. The SMILES string of the molecule is Cc1ccccc1-c1ccc(-c2nc(-c3ccc(Cl)c(CN(C)CC(=O)[O-])c3)no2)cc1C(F)(F)F. The van der Waals surface area contributed by atoms with Gasteiger partial charge in [-0.3, -0.25) is 4.90 Å². The van der Waals surface area contributed by atoms with Crippen LogP contribution in [-0.2, 0) is 17.5 Å². The zero-order valence-electron chi connectivity index (χ0n) is 19.3. The highest BCUT2D eigenvalue weighted by atomic mass is 35.5. The Morgan fingerprint density at radius 1 is 1.06 bits per heavy atom. The van der Waals surface area contributed by atoms with E-state index in [0.29, 0.717) is 21.7 Å². The average molecular weight is 515 g/mol. The molecule has 0 aliphatic heterocycles. The third-order valence-corrected chi connectivity index (χ3v) is 5.95. The van der Waals surface area contributed by atoms with E-state index in [4.69, 9.17) is 16.1 Å². The van der Waals surface area contributed by atoms with E-state index in [9.17, 15) is 23.1 Å². The number of carboxylic acids is 1. The monoisotopic (exact) mass is 514 g/mol. The first kappa shape index (κ1) is 25.4.